The van der Waals surface area contributed by atoms with Gasteiger partial charge in [0.15, 0.2) is 5.54 Å². The number of ether oxygens (including phenoxy) is 1. The third-order valence-electron chi connectivity index (χ3n) is 4.07. The highest BCUT2D eigenvalue weighted by Gasteiger charge is 2.44. The van der Waals surface area contributed by atoms with Crippen molar-refractivity contribution in [2.24, 2.45) is 0 Å². The van der Waals surface area contributed by atoms with Gasteiger partial charge < -0.3 is 15.2 Å². The number of aryl methyl sites for hydroxylation is 1. The molecule has 1 amide bonds. The van der Waals surface area contributed by atoms with Crippen LogP contribution in [0.4, 0.5) is 0 Å². The molecule has 1 atom stereocenters. The number of benzene rings is 1. The van der Waals surface area contributed by atoms with Crippen molar-refractivity contribution in [1.29, 1.82) is 0 Å². The molecule has 5 nitrogen and oxygen atoms in total. The lowest BCUT2D eigenvalue weighted by Crippen LogP contribution is -2.55. The normalized spacial score (nSPS) is 23.6. The maximum atomic E-state index is 12.3. The Morgan fingerprint density at radius 2 is 2.19 bits per heavy atom. The highest BCUT2D eigenvalue weighted by molar-refractivity contribution is 5.98. The number of hydrogen-bond acceptors (Lipinski definition) is 3. The van der Waals surface area contributed by atoms with Gasteiger partial charge in [-0.15, -0.1) is 0 Å². The predicted molar refractivity (Wildman–Crippen MR) is 77.1 cm³/mol. The van der Waals surface area contributed by atoms with Crippen molar-refractivity contribution in [3.05, 3.63) is 41.0 Å². The summed E-state index contributed by atoms with van der Waals surface area (Å²) in [5, 5.41) is 12.0. The number of amides is 1. The van der Waals surface area contributed by atoms with Crippen LogP contribution in [0, 0.1) is 0 Å². The first-order valence-electron chi connectivity index (χ1n) is 7.04. The molecule has 1 aliphatic heterocycles. The lowest BCUT2D eigenvalue weighted by Gasteiger charge is -2.24. The van der Waals surface area contributed by atoms with Crippen molar-refractivity contribution in [3.8, 4) is 0 Å². The summed E-state index contributed by atoms with van der Waals surface area (Å²) in [5.74, 6) is -1.41. The number of hydrogen-bond donors (Lipinski definition) is 2. The lowest BCUT2D eigenvalue weighted by molar-refractivity contribution is -0.144. The van der Waals surface area contributed by atoms with Crippen LogP contribution < -0.4 is 5.32 Å². The Morgan fingerprint density at radius 3 is 2.90 bits per heavy atom. The molecule has 3 rings (SSSR count). The topological polar surface area (TPSA) is 75.6 Å². The van der Waals surface area contributed by atoms with E-state index >= 15 is 0 Å². The van der Waals surface area contributed by atoms with E-state index in [2.05, 4.69) is 11.4 Å². The standard InChI is InChI=1S/C16H17NO4/c18-14(17-16(15(19)20)7-8-21-10-16)13-6-5-11-3-1-2-4-12(11)9-13/h1,3,5-6,9H,2,4,7-8,10H2,(H,17,18)(H,19,20). The monoisotopic (exact) mass is 287 g/mol. The molecule has 0 aromatic heterocycles. The molecule has 1 aliphatic carbocycles. The van der Waals surface area contributed by atoms with E-state index < -0.39 is 11.5 Å². The predicted octanol–water partition coefficient (Wildman–Crippen LogP) is 1.62. The fraction of sp³-hybridized carbons (Fsp3) is 0.375. The van der Waals surface area contributed by atoms with Crippen molar-refractivity contribution < 1.29 is 19.4 Å². The molecular weight excluding hydrogens is 270 g/mol. The summed E-state index contributed by atoms with van der Waals surface area (Å²) in [6.45, 7) is 0.364. The molecule has 2 aliphatic rings. The molecule has 110 valence electrons. The van der Waals surface area contributed by atoms with Crippen molar-refractivity contribution in [2.45, 2.75) is 24.8 Å². The van der Waals surface area contributed by atoms with Gasteiger partial charge >= 0.3 is 5.97 Å². The molecule has 0 bridgehead atoms. The zero-order chi connectivity index (χ0) is 14.9. The van der Waals surface area contributed by atoms with Crippen molar-refractivity contribution in [3.63, 3.8) is 0 Å². The number of nitrogens with one attached hydrogen (secondary N) is 1. The lowest BCUT2D eigenvalue weighted by atomic mass is 9.94. The van der Waals surface area contributed by atoms with Gasteiger partial charge in [0.25, 0.3) is 5.91 Å². The van der Waals surface area contributed by atoms with E-state index in [9.17, 15) is 14.7 Å². The van der Waals surface area contributed by atoms with Crippen molar-refractivity contribution >= 4 is 18.0 Å². The van der Waals surface area contributed by atoms with Gasteiger partial charge in [0, 0.05) is 18.6 Å². The van der Waals surface area contributed by atoms with E-state index in [1.165, 1.54) is 0 Å². The number of carbonyl (C=O) groups is 2. The molecule has 1 fully saturated rings. The zero-order valence-corrected chi connectivity index (χ0v) is 11.6. The number of fused-ring (bicyclic) bond motifs is 1. The van der Waals surface area contributed by atoms with Gasteiger partial charge in [0.2, 0.25) is 0 Å². The van der Waals surface area contributed by atoms with Gasteiger partial charge in [0.1, 0.15) is 0 Å². The molecule has 1 saturated heterocycles. The molecule has 21 heavy (non-hydrogen) atoms. The number of allylic oxidation sites excluding steroid dienone is 1. The Labute approximate surface area is 122 Å². The molecule has 1 heterocycles. The average molecular weight is 287 g/mol. The summed E-state index contributed by atoms with van der Waals surface area (Å²) in [4.78, 5) is 23.8. The quantitative estimate of drug-likeness (QED) is 0.885. The Kier molecular flexibility index (Phi) is 3.51. The van der Waals surface area contributed by atoms with Crippen LogP contribution in [-0.4, -0.2) is 35.7 Å². The van der Waals surface area contributed by atoms with Gasteiger partial charge in [-0.3, -0.25) is 4.79 Å². The van der Waals surface area contributed by atoms with Crippen molar-refractivity contribution in [2.75, 3.05) is 13.2 Å². The minimum absolute atomic E-state index is 0.0156. The Hall–Kier alpha value is -2.14. The van der Waals surface area contributed by atoms with Crippen molar-refractivity contribution in [1.82, 2.24) is 5.32 Å². The summed E-state index contributed by atoms with van der Waals surface area (Å²) >= 11 is 0. The van der Waals surface area contributed by atoms with Crippen LogP contribution in [0.15, 0.2) is 24.3 Å². The Morgan fingerprint density at radius 1 is 1.33 bits per heavy atom. The van der Waals surface area contributed by atoms with Crippen LogP contribution in [0.5, 0.6) is 0 Å². The molecule has 0 spiro atoms. The Balaban J connectivity index is 1.82. The van der Waals surface area contributed by atoms with E-state index in [1.807, 2.05) is 18.2 Å². The fourth-order valence-corrected chi connectivity index (χ4v) is 2.75. The summed E-state index contributed by atoms with van der Waals surface area (Å²) in [6, 6.07) is 5.48. The highest BCUT2D eigenvalue weighted by atomic mass is 16.5. The Bertz CT molecular complexity index is 615. The SMILES string of the molecule is O=C(NC1(C(=O)O)CCOC1)c1ccc2c(c1)CCC=C2. The third kappa shape index (κ3) is 2.56. The number of carboxylic acid groups (broad SMARTS) is 1. The van der Waals surface area contributed by atoms with Gasteiger partial charge in [-0.2, -0.15) is 0 Å². The summed E-state index contributed by atoms with van der Waals surface area (Å²) in [7, 11) is 0. The van der Waals surface area contributed by atoms with Gasteiger partial charge in [-0.25, -0.2) is 4.79 Å². The summed E-state index contributed by atoms with van der Waals surface area (Å²) in [5.41, 5.74) is 1.44. The van der Waals surface area contributed by atoms with E-state index in [0.717, 1.165) is 24.0 Å². The second-order valence-electron chi connectivity index (χ2n) is 5.50. The van der Waals surface area contributed by atoms with Crippen LogP contribution in [0.1, 0.15) is 34.3 Å². The first kappa shape index (κ1) is 13.8. The highest BCUT2D eigenvalue weighted by Crippen LogP contribution is 2.23. The first-order valence-corrected chi connectivity index (χ1v) is 7.04. The minimum Gasteiger partial charge on any atom is -0.479 e. The molecule has 1 aromatic carbocycles. The van der Waals surface area contributed by atoms with E-state index in [0.29, 0.717) is 18.6 Å². The number of aliphatic carboxylic acids is 1. The molecule has 1 aromatic rings. The van der Waals surface area contributed by atoms with Crippen LogP contribution in [0.2, 0.25) is 0 Å². The van der Waals surface area contributed by atoms with Gasteiger partial charge in [0.05, 0.1) is 6.61 Å². The minimum atomic E-state index is -1.30. The van der Waals surface area contributed by atoms with Gasteiger partial charge in [-0.1, -0.05) is 18.2 Å². The molecule has 2 N–H and O–H groups in total. The third-order valence-corrected chi connectivity index (χ3v) is 4.07. The smallest absolute Gasteiger partial charge is 0.331 e. The van der Waals surface area contributed by atoms with Crippen LogP contribution >= 0.6 is 0 Å². The average Bonchev–Trinajstić information content (AvgIpc) is 2.96. The molecule has 0 saturated carbocycles. The number of carbonyl (C=O) groups excluding carboxylic acids is 1. The number of carboxylic acids is 1. The van der Waals surface area contributed by atoms with E-state index in [4.69, 9.17) is 4.74 Å². The molecule has 5 heteroatoms. The molecule has 0 radical (unpaired) electrons. The fourth-order valence-electron chi connectivity index (χ4n) is 2.75. The second-order valence-corrected chi connectivity index (χ2v) is 5.50. The van der Waals surface area contributed by atoms with Crippen LogP contribution in [0.3, 0.4) is 0 Å². The van der Waals surface area contributed by atoms with E-state index in [1.54, 1.807) is 6.07 Å². The zero-order valence-electron chi connectivity index (χ0n) is 11.6. The molecular formula is C16H17NO4. The number of rotatable bonds is 3. The second kappa shape index (κ2) is 5.33. The maximum Gasteiger partial charge on any atom is 0.331 e. The first-order chi connectivity index (χ1) is 10.1. The van der Waals surface area contributed by atoms with Crippen LogP contribution in [-0.2, 0) is 16.0 Å². The van der Waals surface area contributed by atoms with E-state index in [-0.39, 0.29) is 12.5 Å². The van der Waals surface area contributed by atoms with Crippen LogP contribution in [0.25, 0.3) is 6.08 Å². The molecule has 1 unspecified atom stereocenters. The summed E-state index contributed by atoms with van der Waals surface area (Å²) in [6.07, 6.45) is 6.31. The summed E-state index contributed by atoms with van der Waals surface area (Å²) < 4.78 is 5.14. The largest absolute Gasteiger partial charge is 0.479 e. The van der Waals surface area contributed by atoms with Gasteiger partial charge in [-0.05, 0) is 36.1 Å². The maximum absolute atomic E-state index is 12.3.